The van der Waals surface area contributed by atoms with E-state index in [0.717, 1.165) is 23.3 Å². The number of esters is 1. The van der Waals surface area contributed by atoms with Crippen LogP contribution >= 0.6 is 0 Å². The predicted molar refractivity (Wildman–Crippen MR) is 84.2 cm³/mol. The number of aromatic nitrogens is 4. The van der Waals surface area contributed by atoms with Gasteiger partial charge in [-0.15, -0.1) is 0 Å². The molecule has 1 fully saturated rings. The topological polar surface area (TPSA) is 69.9 Å². The van der Waals surface area contributed by atoms with Gasteiger partial charge in [0.15, 0.2) is 5.65 Å². The third-order valence-corrected chi connectivity index (χ3v) is 4.39. The minimum absolute atomic E-state index is 0.310. The monoisotopic (exact) mass is 308 g/mol. The Morgan fingerprint density at radius 3 is 2.65 bits per heavy atom. The van der Waals surface area contributed by atoms with E-state index in [9.17, 15) is 4.79 Å². The number of rotatable bonds is 3. The van der Waals surface area contributed by atoms with Gasteiger partial charge in [-0.25, -0.2) is 19.4 Å². The van der Waals surface area contributed by atoms with Gasteiger partial charge in [-0.1, -0.05) is 12.1 Å². The molecule has 0 saturated heterocycles. The van der Waals surface area contributed by atoms with Crippen LogP contribution in [0.1, 0.15) is 39.9 Å². The quantitative estimate of drug-likeness (QED) is 0.695. The van der Waals surface area contributed by atoms with Crippen molar-refractivity contribution < 1.29 is 9.53 Å². The van der Waals surface area contributed by atoms with Gasteiger partial charge in [0.1, 0.15) is 5.52 Å². The molecule has 2 unspecified atom stereocenters. The van der Waals surface area contributed by atoms with Crippen LogP contribution in [0.4, 0.5) is 0 Å². The van der Waals surface area contributed by atoms with Crippen molar-refractivity contribution in [3.05, 3.63) is 53.5 Å². The lowest BCUT2D eigenvalue weighted by molar-refractivity contribution is 0.0600. The molecule has 1 aliphatic carbocycles. The van der Waals surface area contributed by atoms with Gasteiger partial charge in [-0.3, -0.25) is 0 Å². The Morgan fingerprint density at radius 2 is 1.91 bits per heavy atom. The van der Waals surface area contributed by atoms with Crippen molar-refractivity contribution in [3.8, 4) is 0 Å². The standard InChI is InChI=1S/C17H16N4O2/c1-21-16-15(18-7-8-19-16)14(20-21)13-9-12(13)10-3-5-11(6-4-10)17(22)23-2/h3-8,12-13H,9H2,1-2H3. The Morgan fingerprint density at radius 1 is 1.17 bits per heavy atom. The molecule has 3 aromatic rings. The molecular weight excluding hydrogens is 292 g/mol. The number of carbonyl (C=O) groups excluding carboxylic acids is 1. The van der Waals surface area contributed by atoms with E-state index in [1.54, 1.807) is 17.1 Å². The Balaban J connectivity index is 1.61. The normalized spacial score (nSPS) is 19.7. The summed E-state index contributed by atoms with van der Waals surface area (Å²) >= 11 is 0. The molecule has 23 heavy (non-hydrogen) atoms. The molecular formula is C17H16N4O2. The van der Waals surface area contributed by atoms with E-state index in [2.05, 4.69) is 15.1 Å². The third-order valence-electron chi connectivity index (χ3n) is 4.39. The van der Waals surface area contributed by atoms with E-state index >= 15 is 0 Å². The summed E-state index contributed by atoms with van der Waals surface area (Å²) in [7, 11) is 3.28. The molecule has 4 rings (SSSR count). The molecule has 1 aromatic carbocycles. The molecule has 1 saturated carbocycles. The average molecular weight is 308 g/mol. The highest BCUT2D eigenvalue weighted by Gasteiger charge is 2.42. The van der Waals surface area contributed by atoms with E-state index in [4.69, 9.17) is 4.74 Å². The van der Waals surface area contributed by atoms with Gasteiger partial charge >= 0.3 is 5.97 Å². The van der Waals surface area contributed by atoms with E-state index in [1.807, 2.05) is 31.3 Å². The summed E-state index contributed by atoms with van der Waals surface area (Å²) in [4.78, 5) is 20.3. The first-order valence-corrected chi connectivity index (χ1v) is 7.51. The maximum absolute atomic E-state index is 11.5. The summed E-state index contributed by atoms with van der Waals surface area (Å²) in [6.45, 7) is 0. The molecule has 0 amide bonds. The summed E-state index contributed by atoms with van der Waals surface area (Å²) in [6.07, 6.45) is 4.43. The molecule has 0 radical (unpaired) electrons. The minimum atomic E-state index is -0.310. The van der Waals surface area contributed by atoms with Crippen molar-refractivity contribution in [2.45, 2.75) is 18.3 Å². The van der Waals surface area contributed by atoms with Gasteiger partial charge in [0.25, 0.3) is 0 Å². The van der Waals surface area contributed by atoms with Crippen LogP contribution in [0.15, 0.2) is 36.7 Å². The molecule has 6 nitrogen and oxygen atoms in total. The molecule has 0 spiro atoms. The number of methoxy groups -OCH3 is 1. The van der Waals surface area contributed by atoms with Gasteiger partial charge in [0.05, 0.1) is 18.4 Å². The second kappa shape index (κ2) is 5.15. The molecule has 2 atom stereocenters. The number of hydrogen-bond donors (Lipinski definition) is 0. The zero-order valence-corrected chi connectivity index (χ0v) is 12.9. The Bertz CT molecular complexity index is 885. The van der Waals surface area contributed by atoms with Crippen molar-refractivity contribution in [1.29, 1.82) is 0 Å². The second-order valence-electron chi connectivity index (χ2n) is 5.80. The maximum atomic E-state index is 11.5. The fraction of sp³-hybridized carbons (Fsp3) is 0.294. The maximum Gasteiger partial charge on any atom is 0.337 e. The minimum Gasteiger partial charge on any atom is -0.465 e. The van der Waals surface area contributed by atoms with Gasteiger partial charge in [0.2, 0.25) is 0 Å². The van der Waals surface area contributed by atoms with Crippen LogP contribution < -0.4 is 0 Å². The molecule has 1 aliphatic rings. The Kier molecular flexibility index (Phi) is 3.11. The van der Waals surface area contributed by atoms with Crippen molar-refractivity contribution in [2.75, 3.05) is 7.11 Å². The van der Waals surface area contributed by atoms with Crippen LogP contribution in [0.5, 0.6) is 0 Å². The van der Waals surface area contributed by atoms with E-state index in [-0.39, 0.29) is 5.97 Å². The van der Waals surface area contributed by atoms with Crippen LogP contribution in [-0.4, -0.2) is 32.8 Å². The third kappa shape index (κ3) is 2.27. The van der Waals surface area contributed by atoms with Crippen molar-refractivity contribution in [3.63, 3.8) is 0 Å². The van der Waals surface area contributed by atoms with Crippen LogP contribution in [0.3, 0.4) is 0 Å². The predicted octanol–water partition coefficient (Wildman–Crippen LogP) is 2.42. The molecule has 6 heteroatoms. The van der Waals surface area contributed by atoms with Crippen LogP contribution in [0.2, 0.25) is 0 Å². The summed E-state index contributed by atoms with van der Waals surface area (Å²) in [5.41, 5.74) is 4.49. The highest BCUT2D eigenvalue weighted by atomic mass is 16.5. The zero-order chi connectivity index (χ0) is 16.0. The summed E-state index contributed by atoms with van der Waals surface area (Å²) in [5, 5.41) is 4.60. The van der Waals surface area contributed by atoms with E-state index < -0.39 is 0 Å². The first-order chi connectivity index (χ1) is 11.2. The van der Waals surface area contributed by atoms with Gasteiger partial charge in [0, 0.05) is 25.4 Å². The molecule has 0 aliphatic heterocycles. The number of fused-ring (bicyclic) bond motifs is 1. The van der Waals surface area contributed by atoms with Gasteiger partial charge in [-0.2, -0.15) is 5.10 Å². The SMILES string of the molecule is COC(=O)c1ccc(C2CC2c2nn(C)c3nccnc23)cc1. The summed E-state index contributed by atoms with van der Waals surface area (Å²) < 4.78 is 6.51. The van der Waals surface area contributed by atoms with E-state index in [0.29, 0.717) is 17.4 Å². The van der Waals surface area contributed by atoms with E-state index in [1.165, 1.54) is 12.7 Å². The Hall–Kier alpha value is -2.76. The van der Waals surface area contributed by atoms with Crippen LogP contribution in [0, 0.1) is 0 Å². The van der Waals surface area contributed by atoms with Crippen molar-refractivity contribution in [1.82, 2.24) is 19.7 Å². The van der Waals surface area contributed by atoms with Gasteiger partial charge in [-0.05, 0) is 30.0 Å². The smallest absolute Gasteiger partial charge is 0.337 e. The first-order valence-electron chi connectivity index (χ1n) is 7.51. The zero-order valence-electron chi connectivity index (χ0n) is 12.9. The molecule has 2 aromatic heterocycles. The number of ether oxygens (including phenoxy) is 1. The van der Waals surface area contributed by atoms with Crippen LogP contribution in [0.25, 0.3) is 11.2 Å². The Labute approximate surface area is 133 Å². The second-order valence-corrected chi connectivity index (χ2v) is 5.80. The fourth-order valence-electron chi connectivity index (χ4n) is 3.10. The van der Waals surface area contributed by atoms with Crippen molar-refractivity contribution in [2.24, 2.45) is 7.05 Å². The van der Waals surface area contributed by atoms with Crippen molar-refractivity contribution >= 4 is 17.1 Å². The first kappa shape index (κ1) is 13.9. The largest absolute Gasteiger partial charge is 0.465 e. The fourth-order valence-corrected chi connectivity index (χ4v) is 3.10. The number of aryl methyl sites for hydroxylation is 1. The lowest BCUT2D eigenvalue weighted by Gasteiger charge is -2.02. The van der Waals surface area contributed by atoms with Crippen LogP contribution in [-0.2, 0) is 11.8 Å². The molecule has 0 bridgehead atoms. The summed E-state index contributed by atoms with van der Waals surface area (Å²) in [6, 6.07) is 7.61. The molecule has 2 heterocycles. The highest BCUT2D eigenvalue weighted by molar-refractivity contribution is 5.89. The molecule has 116 valence electrons. The number of carbonyl (C=O) groups is 1. The number of nitrogens with zero attached hydrogens (tertiary/aromatic N) is 4. The number of hydrogen-bond acceptors (Lipinski definition) is 5. The summed E-state index contributed by atoms with van der Waals surface area (Å²) in [5.74, 6) is 0.469. The number of benzene rings is 1. The lowest BCUT2D eigenvalue weighted by atomic mass is 10.1. The average Bonchev–Trinajstić information content (AvgIpc) is 3.33. The highest BCUT2D eigenvalue weighted by Crippen LogP contribution is 2.55. The molecule has 0 N–H and O–H groups in total. The van der Waals surface area contributed by atoms with Gasteiger partial charge < -0.3 is 4.74 Å². The lowest BCUT2D eigenvalue weighted by Crippen LogP contribution is -2.00.